The third kappa shape index (κ3) is 3.58. The summed E-state index contributed by atoms with van der Waals surface area (Å²) < 4.78 is 15.6. The minimum absolute atomic E-state index is 0.233. The number of thiazole rings is 1. The molecular formula is C16H17FN4S. The summed E-state index contributed by atoms with van der Waals surface area (Å²) in [7, 11) is 0. The van der Waals surface area contributed by atoms with Crippen LogP contribution in [0.25, 0.3) is 10.6 Å². The lowest BCUT2D eigenvalue weighted by molar-refractivity contribution is 0.449. The maximum Gasteiger partial charge on any atom is 0.133 e. The van der Waals surface area contributed by atoms with E-state index in [0.717, 1.165) is 17.2 Å². The van der Waals surface area contributed by atoms with Crippen molar-refractivity contribution in [2.24, 2.45) is 0 Å². The smallest absolute Gasteiger partial charge is 0.133 e. The van der Waals surface area contributed by atoms with E-state index in [1.807, 2.05) is 28.4 Å². The van der Waals surface area contributed by atoms with E-state index in [1.165, 1.54) is 17.4 Å². The maximum atomic E-state index is 13.8. The van der Waals surface area contributed by atoms with E-state index in [4.69, 9.17) is 0 Å². The van der Waals surface area contributed by atoms with E-state index in [-0.39, 0.29) is 11.9 Å². The van der Waals surface area contributed by atoms with Gasteiger partial charge in [-0.15, -0.1) is 11.3 Å². The summed E-state index contributed by atoms with van der Waals surface area (Å²) in [4.78, 5) is 4.50. The van der Waals surface area contributed by atoms with E-state index in [1.54, 1.807) is 18.3 Å². The number of halogens is 1. The number of benzene rings is 1. The number of rotatable bonds is 6. The van der Waals surface area contributed by atoms with Crippen molar-refractivity contribution < 1.29 is 4.39 Å². The lowest BCUT2D eigenvalue weighted by Gasteiger charge is -2.12. The molecule has 6 heteroatoms. The van der Waals surface area contributed by atoms with Crippen molar-refractivity contribution in [3.8, 4) is 10.6 Å². The first-order chi connectivity index (χ1) is 10.7. The molecule has 1 N–H and O–H groups in total. The van der Waals surface area contributed by atoms with Gasteiger partial charge in [-0.3, -0.25) is 4.68 Å². The molecule has 0 aliphatic rings. The Morgan fingerprint density at radius 1 is 1.32 bits per heavy atom. The predicted octanol–water partition coefficient (Wildman–Crippen LogP) is 3.32. The Morgan fingerprint density at radius 3 is 2.95 bits per heavy atom. The van der Waals surface area contributed by atoms with E-state index >= 15 is 0 Å². The summed E-state index contributed by atoms with van der Waals surface area (Å²) in [6, 6.07) is 8.91. The number of aromatic nitrogens is 3. The summed E-state index contributed by atoms with van der Waals surface area (Å²) in [5.74, 6) is -0.233. The van der Waals surface area contributed by atoms with Crippen LogP contribution in [0.1, 0.15) is 12.6 Å². The van der Waals surface area contributed by atoms with E-state index in [9.17, 15) is 4.39 Å². The molecule has 4 nitrogen and oxygen atoms in total. The molecule has 0 bridgehead atoms. The fourth-order valence-corrected chi connectivity index (χ4v) is 3.03. The third-order valence-electron chi connectivity index (χ3n) is 3.31. The van der Waals surface area contributed by atoms with Gasteiger partial charge in [0, 0.05) is 35.9 Å². The molecule has 3 rings (SSSR count). The van der Waals surface area contributed by atoms with Gasteiger partial charge in [-0.2, -0.15) is 5.10 Å². The van der Waals surface area contributed by atoms with Crippen LogP contribution in [-0.4, -0.2) is 20.8 Å². The molecule has 0 unspecified atom stereocenters. The number of hydrogen-bond donors (Lipinski definition) is 1. The molecule has 0 aliphatic heterocycles. The highest BCUT2D eigenvalue weighted by Crippen LogP contribution is 2.25. The molecule has 0 fully saturated rings. The van der Waals surface area contributed by atoms with Crippen molar-refractivity contribution in [2.45, 2.75) is 26.1 Å². The molecule has 0 radical (unpaired) electrons. The molecule has 0 saturated carbocycles. The molecule has 1 atom stereocenters. The first-order valence-corrected chi connectivity index (χ1v) is 8.00. The Hall–Kier alpha value is -2.05. The summed E-state index contributed by atoms with van der Waals surface area (Å²) in [6.45, 7) is 3.57. The highest BCUT2D eigenvalue weighted by Gasteiger charge is 2.10. The maximum absolute atomic E-state index is 13.8. The van der Waals surface area contributed by atoms with E-state index in [2.05, 4.69) is 22.3 Å². The normalized spacial score (nSPS) is 12.5. The molecular weight excluding hydrogens is 299 g/mol. The molecule has 0 aliphatic carbocycles. The quantitative estimate of drug-likeness (QED) is 0.758. The van der Waals surface area contributed by atoms with Crippen molar-refractivity contribution >= 4 is 11.3 Å². The minimum atomic E-state index is -0.233. The number of nitrogens with one attached hydrogen (secondary N) is 1. The van der Waals surface area contributed by atoms with Gasteiger partial charge in [-0.05, 0) is 25.1 Å². The van der Waals surface area contributed by atoms with Gasteiger partial charge in [0.25, 0.3) is 0 Å². The monoisotopic (exact) mass is 316 g/mol. The second-order valence-corrected chi connectivity index (χ2v) is 5.99. The fourth-order valence-electron chi connectivity index (χ4n) is 2.18. The van der Waals surface area contributed by atoms with Crippen molar-refractivity contribution in [3.05, 3.63) is 59.6 Å². The van der Waals surface area contributed by atoms with Gasteiger partial charge in [0.15, 0.2) is 0 Å². The molecule has 114 valence electrons. The zero-order valence-corrected chi connectivity index (χ0v) is 13.1. The van der Waals surface area contributed by atoms with Gasteiger partial charge in [-0.25, -0.2) is 9.37 Å². The molecule has 22 heavy (non-hydrogen) atoms. The highest BCUT2D eigenvalue weighted by atomic mass is 32.1. The Morgan fingerprint density at radius 2 is 2.18 bits per heavy atom. The van der Waals surface area contributed by atoms with Crippen LogP contribution in [0.15, 0.2) is 48.1 Å². The molecule has 2 heterocycles. The first kappa shape index (κ1) is 14.9. The largest absolute Gasteiger partial charge is 0.307 e. The molecule has 3 aromatic rings. The highest BCUT2D eigenvalue weighted by molar-refractivity contribution is 7.13. The Kier molecular flexibility index (Phi) is 4.60. The van der Waals surface area contributed by atoms with Crippen LogP contribution < -0.4 is 5.32 Å². The summed E-state index contributed by atoms with van der Waals surface area (Å²) >= 11 is 1.47. The lowest BCUT2D eigenvalue weighted by Crippen LogP contribution is -2.30. The molecule has 0 spiro atoms. The summed E-state index contributed by atoms with van der Waals surface area (Å²) in [6.07, 6.45) is 3.71. The Balaban J connectivity index is 1.59. The molecule has 0 saturated heterocycles. The van der Waals surface area contributed by atoms with Gasteiger partial charge in [0.05, 0.1) is 12.2 Å². The fraction of sp³-hybridized carbons (Fsp3) is 0.250. The first-order valence-electron chi connectivity index (χ1n) is 7.12. The third-order valence-corrected chi connectivity index (χ3v) is 4.23. The predicted molar refractivity (Wildman–Crippen MR) is 86.0 cm³/mol. The van der Waals surface area contributed by atoms with Gasteiger partial charge in [-0.1, -0.05) is 12.1 Å². The number of nitrogens with zero attached hydrogens (tertiary/aromatic N) is 3. The van der Waals surface area contributed by atoms with Crippen LogP contribution >= 0.6 is 11.3 Å². The Bertz CT molecular complexity index is 723. The summed E-state index contributed by atoms with van der Waals surface area (Å²) in [5.41, 5.74) is 1.49. The van der Waals surface area contributed by atoms with Crippen molar-refractivity contribution in [1.82, 2.24) is 20.1 Å². The van der Waals surface area contributed by atoms with Gasteiger partial charge < -0.3 is 5.32 Å². The van der Waals surface area contributed by atoms with Gasteiger partial charge in [0.2, 0.25) is 0 Å². The van der Waals surface area contributed by atoms with E-state index in [0.29, 0.717) is 12.1 Å². The summed E-state index contributed by atoms with van der Waals surface area (Å²) in [5, 5.41) is 10.3. The zero-order chi connectivity index (χ0) is 15.4. The molecule has 1 aromatic carbocycles. The second kappa shape index (κ2) is 6.81. The molecule has 0 amide bonds. The van der Waals surface area contributed by atoms with Gasteiger partial charge in [0.1, 0.15) is 10.8 Å². The van der Waals surface area contributed by atoms with Crippen molar-refractivity contribution in [2.75, 3.05) is 0 Å². The van der Waals surface area contributed by atoms with Crippen molar-refractivity contribution in [1.29, 1.82) is 0 Å². The minimum Gasteiger partial charge on any atom is -0.307 e. The molecule has 2 aromatic heterocycles. The standard InChI is InChI=1S/C16H17FN4S/c1-12(10-21-8-4-7-19-21)18-9-13-11-22-16(20-13)14-5-2-3-6-15(14)17/h2-8,11-12,18H,9-10H2,1H3/t12-/m1/s1. The van der Waals surface area contributed by atoms with E-state index < -0.39 is 0 Å². The average Bonchev–Trinajstić information content (AvgIpc) is 3.17. The average molecular weight is 316 g/mol. The van der Waals surface area contributed by atoms with Crippen molar-refractivity contribution in [3.63, 3.8) is 0 Å². The van der Waals surface area contributed by atoms with Gasteiger partial charge >= 0.3 is 0 Å². The number of hydrogen-bond acceptors (Lipinski definition) is 4. The zero-order valence-electron chi connectivity index (χ0n) is 12.2. The van der Waals surface area contributed by atoms with Crippen LogP contribution in [0.5, 0.6) is 0 Å². The SMILES string of the molecule is C[C@H](Cn1cccn1)NCc1csc(-c2ccccc2F)n1. The van der Waals surface area contributed by atoms with Crippen LogP contribution in [0.3, 0.4) is 0 Å². The van der Waals surface area contributed by atoms with Crippen LogP contribution in [-0.2, 0) is 13.1 Å². The lowest BCUT2D eigenvalue weighted by atomic mass is 10.2. The Labute approximate surface area is 132 Å². The van der Waals surface area contributed by atoms with Crippen LogP contribution in [0.4, 0.5) is 4.39 Å². The topological polar surface area (TPSA) is 42.7 Å². The second-order valence-electron chi connectivity index (χ2n) is 5.13. The van der Waals surface area contributed by atoms with Crippen LogP contribution in [0, 0.1) is 5.82 Å². The van der Waals surface area contributed by atoms with Crippen LogP contribution in [0.2, 0.25) is 0 Å².